The van der Waals surface area contributed by atoms with Crippen LogP contribution < -0.4 is 14.4 Å². The van der Waals surface area contributed by atoms with Crippen molar-refractivity contribution >= 4 is 27.3 Å². The number of para-hydroxylation sites is 1. The van der Waals surface area contributed by atoms with Crippen LogP contribution in [0.25, 0.3) is 0 Å². The van der Waals surface area contributed by atoms with Crippen LogP contribution in [-0.2, 0) is 14.8 Å². The van der Waals surface area contributed by atoms with Gasteiger partial charge in [-0.25, -0.2) is 8.42 Å². The average Bonchev–Trinajstić information content (AvgIpc) is 3.04. The van der Waals surface area contributed by atoms with E-state index >= 15 is 0 Å². The second-order valence-electron chi connectivity index (χ2n) is 6.36. The van der Waals surface area contributed by atoms with Gasteiger partial charge in [0.05, 0.1) is 12.8 Å². The molecule has 0 saturated carbocycles. The summed E-state index contributed by atoms with van der Waals surface area (Å²) in [6.45, 7) is 4.29. The highest BCUT2D eigenvalue weighted by molar-refractivity contribution is 7.92. The maximum Gasteiger partial charge on any atom is 0.265 e. The Hall–Kier alpha value is -2.54. The summed E-state index contributed by atoms with van der Waals surface area (Å²) in [6, 6.07) is 10.4. The number of carbonyl (C=O) groups excluding carboxylic acids is 1. The molecule has 26 heavy (non-hydrogen) atoms. The molecule has 1 fully saturated rings. The number of carbonyl (C=O) groups is 1. The molecule has 0 bridgehead atoms. The van der Waals surface area contributed by atoms with Gasteiger partial charge in [0, 0.05) is 18.7 Å². The van der Waals surface area contributed by atoms with Gasteiger partial charge in [0.2, 0.25) is 5.91 Å². The Kier molecular flexibility index (Phi) is 4.91. The number of hydrogen-bond acceptors (Lipinski definition) is 4. The first kappa shape index (κ1) is 18.3. The monoisotopic (exact) mass is 374 g/mol. The third-order valence-corrected chi connectivity index (χ3v) is 5.91. The first-order valence-corrected chi connectivity index (χ1v) is 9.89. The molecule has 6 nitrogen and oxygen atoms in total. The van der Waals surface area contributed by atoms with Gasteiger partial charge < -0.3 is 9.64 Å². The first-order chi connectivity index (χ1) is 12.3. The fourth-order valence-corrected chi connectivity index (χ4v) is 4.52. The van der Waals surface area contributed by atoms with Gasteiger partial charge in [0.15, 0.2) is 0 Å². The zero-order chi connectivity index (χ0) is 18.9. The molecule has 7 heteroatoms. The number of nitrogens with one attached hydrogen (secondary N) is 1. The number of rotatable bonds is 5. The van der Waals surface area contributed by atoms with Crippen LogP contribution in [0.3, 0.4) is 0 Å². The Morgan fingerprint density at radius 1 is 1.12 bits per heavy atom. The second-order valence-corrected chi connectivity index (χ2v) is 8.01. The van der Waals surface area contributed by atoms with Gasteiger partial charge in [-0.15, -0.1) is 0 Å². The summed E-state index contributed by atoms with van der Waals surface area (Å²) in [5.41, 5.74) is 2.78. The van der Waals surface area contributed by atoms with Crippen molar-refractivity contribution in [3.05, 3.63) is 47.5 Å². The standard InChI is InChI=1S/C19H22N2O4S/c1-13-6-4-7-14(2)19(13)20-26(23,24)17-12-15(9-10-16(17)25-3)21-11-5-8-18(21)22/h4,6-7,9-10,12,20H,5,8,11H2,1-3H3. The van der Waals surface area contributed by atoms with E-state index in [1.165, 1.54) is 13.2 Å². The molecule has 2 aromatic carbocycles. The van der Waals surface area contributed by atoms with Crippen LogP contribution in [0.15, 0.2) is 41.3 Å². The van der Waals surface area contributed by atoms with E-state index < -0.39 is 10.0 Å². The number of ether oxygens (including phenoxy) is 1. The summed E-state index contributed by atoms with van der Waals surface area (Å²) in [5.74, 6) is 0.236. The molecule has 0 unspecified atom stereocenters. The van der Waals surface area contributed by atoms with Gasteiger partial charge in [0.25, 0.3) is 10.0 Å². The van der Waals surface area contributed by atoms with Crippen LogP contribution in [0.1, 0.15) is 24.0 Å². The normalized spacial score (nSPS) is 14.6. The van der Waals surface area contributed by atoms with Crippen LogP contribution >= 0.6 is 0 Å². The molecule has 1 N–H and O–H groups in total. The minimum atomic E-state index is -3.88. The number of methoxy groups -OCH3 is 1. The molecule has 0 atom stereocenters. The topological polar surface area (TPSA) is 75.7 Å². The number of anilines is 2. The van der Waals surface area contributed by atoms with Crippen LogP contribution in [0.5, 0.6) is 5.75 Å². The first-order valence-electron chi connectivity index (χ1n) is 8.41. The molecular weight excluding hydrogens is 352 g/mol. The van der Waals surface area contributed by atoms with Crippen LogP contribution in [0.4, 0.5) is 11.4 Å². The lowest BCUT2D eigenvalue weighted by molar-refractivity contribution is -0.117. The minimum absolute atomic E-state index is 0.00113. The third-order valence-electron chi connectivity index (χ3n) is 4.54. The molecule has 0 aliphatic carbocycles. The molecule has 1 aliphatic rings. The van der Waals surface area contributed by atoms with Gasteiger partial charge >= 0.3 is 0 Å². The molecular formula is C19H22N2O4S. The number of benzene rings is 2. The lowest BCUT2D eigenvalue weighted by Crippen LogP contribution is -2.24. The van der Waals surface area contributed by atoms with Crippen LogP contribution in [0, 0.1) is 13.8 Å². The van der Waals surface area contributed by atoms with E-state index in [0.717, 1.165) is 17.5 Å². The molecule has 0 aromatic heterocycles. The van der Waals surface area contributed by atoms with Gasteiger partial charge in [-0.05, 0) is 49.6 Å². The summed E-state index contributed by atoms with van der Waals surface area (Å²) in [7, 11) is -2.46. The van der Waals surface area contributed by atoms with E-state index in [-0.39, 0.29) is 16.6 Å². The highest BCUT2D eigenvalue weighted by Crippen LogP contribution is 2.33. The van der Waals surface area contributed by atoms with Gasteiger partial charge in [0.1, 0.15) is 10.6 Å². The van der Waals surface area contributed by atoms with Gasteiger partial charge in [-0.1, -0.05) is 18.2 Å². The average molecular weight is 374 g/mol. The molecule has 3 rings (SSSR count). The fourth-order valence-electron chi connectivity index (χ4n) is 3.13. The summed E-state index contributed by atoms with van der Waals surface area (Å²) < 4.78 is 34.0. The number of nitrogens with zero attached hydrogens (tertiary/aromatic N) is 1. The minimum Gasteiger partial charge on any atom is -0.495 e. The number of sulfonamides is 1. The van der Waals surface area contributed by atoms with Crippen molar-refractivity contribution in [2.75, 3.05) is 23.3 Å². The highest BCUT2D eigenvalue weighted by atomic mass is 32.2. The maximum atomic E-state index is 13.0. The fraction of sp³-hybridized carbons (Fsp3) is 0.316. The Balaban J connectivity index is 2.04. The van der Waals surface area contributed by atoms with Crippen LogP contribution in [-0.4, -0.2) is 28.0 Å². The lowest BCUT2D eigenvalue weighted by Gasteiger charge is -2.19. The summed E-state index contributed by atoms with van der Waals surface area (Å²) in [6.07, 6.45) is 1.25. The second kappa shape index (κ2) is 6.99. The number of amides is 1. The predicted octanol–water partition coefficient (Wildman–Crippen LogP) is 3.24. The molecule has 1 aliphatic heterocycles. The maximum absolute atomic E-state index is 13.0. The van der Waals surface area contributed by atoms with E-state index in [2.05, 4.69) is 4.72 Å². The van der Waals surface area contributed by atoms with Crippen molar-refractivity contribution in [2.45, 2.75) is 31.6 Å². The largest absolute Gasteiger partial charge is 0.495 e. The Morgan fingerprint density at radius 2 is 1.81 bits per heavy atom. The van der Waals surface area contributed by atoms with Gasteiger partial charge in [-0.2, -0.15) is 0 Å². The van der Waals surface area contributed by atoms with E-state index in [9.17, 15) is 13.2 Å². The lowest BCUT2D eigenvalue weighted by atomic mass is 10.1. The summed E-state index contributed by atoms with van der Waals surface area (Å²) in [5, 5.41) is 0. The van der Waals surface area contributed by atoms with Crippen molar-refractivity contribution in [1.82, 2.24) is 0 Å². The molecule has 1 saturated heterocycles. The van der Waals surface area contributed by atoms with E-state index in [4.69, 9.17) is 4.74 Å². The highest BCUT2D eigenvalue weighted by Gasteiger charge is 2.26. The Bertz CT molecular complexity index is 934. The Labute approximate surface area is 153 Å². The Morgan fingerprint density at radius 3 is 2.38 bits per heavy atom. The number of aryl methyl sites for hydroxylation is 2. The van der Waals surface area contributed by atoms with Crippen molar-refractivity contribution < 1.29 is 17.9 Å². The summed E-state index contributed by atoms with van der Waals surface area (Å²) in [4.78, 5) is 13.6. The molecule has 138 valence electrons. The molecule has 2 aromatic rings. The molecule has 1 amide bonds. The SMILES string of the molecule is COc1ccc(N2CCCC2=O)cc1S(=O)(=O)Nc1c(C)cccc1C. The predicted molar refractivity (Wildman–Crippen MR) is 101 cm³/mol. The molecule has 0 spiro atoms. The zero-order valence-electron chi connectivity index (χ0n) is 15.1. The van der Waals surface area contributed by atoms with Crippen molar-refractivity contribution in [1.29, 1.82) is 0 Å². The third kappa shape index (κ3) is 3.39. The number of hydrogen-bond donors (Lipinski definition) is 1. The zero-order valence-corrected chi connectivity index (χ0v) is 15.9. The van der Waals surface area contributed by atoms with E-state index in [0.29, 0.717) is 24.3 Å². The van der Waals surface area contributed by atoms with Gasteiger partial charge in [-0.3, -0.25) is 9.52 Å². The quantitative estimate of drug-likeness (QED) is 0.872. The van der Waals surface area contributed by atoms with E-state index in [1.807, 2.05) is 32.0 Å². The van der Waals surface area contributed by atoms with Crippen molar-refractivity contribution in [3.63, 3.8) is 0 Å². The van der Waals surface area contributed by atoms with E-state index in [1.54, 1.807) is 17.0 Å². The smallest absolute Gasteiger partial charge is 0.265 e. The van der Waals surface area contributed by atoms with Crippen molar-refractivity contribution in [2.24, 2.45) is 0 Å². The van der Waals surface area contributed by atoms with Crippen molar-refractivity contribution in [3.8, 4) is 5.75 Å². The molecule has 0 radical (unpaired) electrons. The van der Waals surface area contributed by atoms with Crippen LogP contribution in [0.2, 0.25) is 0 Å². The molecule has 1 heterocycles. The summed E-state index contributed by atoms with van der Waals surface area (Å²) >= 11 is 0.